The van der Waals surface area contributed by atoms with Gasteiger partial charge in [-0.15, -0.1) is 15.6 Å². The van der Waals surface area contributed by atoms with Crippen LogP contribution in [-0.2, 0) is 40.4 Å². The Hall–Kier alpha value is -4.46. The zero-order valence-electron chi connectivity index (χ0n) is 24.4. The van der Waals surface area contributed by atoms with Crippen LogP contribution in [0.3, 0.4) is 0 Å². The Labute approximate surface area is 261 Å². The number of aromatic nitrogens is 4. The van der Waals surface area contributed by atoms with E-state index in [-0.39, 0.29) is 16.6 Å². The largest absolute Gasteiger partial charge is 0.487 e. The lowest BCUT2D eigenvalue weighted by Gasteiger charge is -2.50. The van der Waals surface area contributed by atoms with Crippen LogP contribution >= 0.6 is 11.3 Å². The molecular weight excluding hydrogens is 634 g/mol. The van der Waals surface area contributed by atoms with Crippen molar-refractivity contribution < 1.29 is 46.3 Å². The van der Waals surface area contributed by atoms with E-state index in [1.54, 1.807) is 18.3 Å². The van der Waals surface area contributed by atoms with Crippen molar-refractivity contribution in [3.63, 3.8) is 0 Å². The Morgan fingerprint density at radius 1 is 1.27 bits per heavy atom. The first-order chi connectivity index (χ1) is 21.2. The molecule has 3 aromatic heterocycles. The zero-order valence-corrected chi connectivity index (χ0v) is 26.0. The molecule has 1 amide bonds. The van der Waals surface area contributed by atoms with E-state index in [1.165, 1.54) is 25.4 Å². The molecule has 45 heavy (non-hydrogen) atoms. The van der Waals surface area contributed by atoms with Gasteiger partial charge in [-0.2, -0.15) is 18.6 Å². The van der Waals surface area contributed by atoms with Crippen LogP contribution < -0.4 is 10.5 Å². The van der Waals surface area contributed by atoms with Crippen molar-refractivity contribution in [2.45, 2.75) is 58.2 Å². The predicted octanol–water partition coefficient (Wildman–Crippen LogP) is 1.97. The van der Waals surface area contributed by atoms with E-state index >= 15 is 0 Å². The third-order valence-electron chi connectivity index (χ3n) is 6.82. The minimum atomic E-state index is -4.99. The molecule has 19 heteroatoms. The van der Waals surface area contributed by atoms with Crippen LogP contribution in [-0.4, -0.2) is 84.5 Å². The summed E-state index contributed by atoms with van der Waals surface area (Å²) >= 11 is 0.983. The minimum Gasteiger partial charge on any atom is -0.487 e. The number of nitrogen functional groups attached to an aromatic ring is 1. The Morgan fingerprint density at radius 2 is 2.02 bits per heavy atom. The van der Waals surface area contributed by atoms with Crippen LogP contribution in [0.2, 0.25) is 0 Å². The lowest BCUT2D eigenvalue weighted by molar-refractivity contribution is -0.228. The molecule has 0 aromatic carbocycles. The van der Waals surface area contributed by atoms with Gasteiger partial charge in [0, 0.05) is 30.1 Å². The molecule has 0 bridgehead atoms. The van der Waals surface area contributed by atoms with Crippen LogP contribution in [0.5, 0.6) is 5.75 Å². The fraction of sp³-hybridized carbons (Fsp3) is 0.423. The Balaban J connectivity index is 1.44. The summed E-state index contributed by atoms with van der Waals surface area (Å²) in [5.41, 5.74) is 5.40. The lowest BCUT2D eigenvalue weighted by Crippen LogP contribution is -2.68. The molecule has 242 valence electrons. The number of aliphatic carboxylic acids is 1. The Morgan fingerprint density at radius 3 is 2.60 bits per heavy atom. The maximum Gasteiger partial charge on any atom is 0.418 e. The van der Waals surface area contributed by atoms with E-state index in [0.717, 1.165) is 36.3 Å². The predicted molar refractivity (Wildman–Crippen MR) is 158 cm³/mol. The number of unbranched alkanes of at least 4 members (excludes halogenated alkanes) is 1. The molecule has 1 fully saturated rings. The van der Waals surface area contributed by atoms with Crippen molar-refractivity contribution >= 4 is 50.2 Å². The highest BCUT2D eigenvalue weighted by molar-refractivity contribution is 7.80. The number of aryl methyl sites for hydroxylation is 1. The van der Waals surface area contributed by atoms with Gasteiger partial charge >= 0.3 is 16.4 Å². The minimum absolute atomic E-state index is 0.0269. The highest BCUT2D eigenvalue weighted by Gasteiger charge is 2.57. The van der Waals surface area contributed by atoms with Crippen LogP contribution in [0, 0.1) is 5.92 Å². The highest BCUT2D eigenvalue weighted by Crippen LogP contribution is 2.40. The number of ketones is 1. The van der Waals surface area contributed by atoms with Crippen LogP contribution in [0.15, 0.2) is 41.3 Å². The Kier molecular flexibility index (Phi) is 10.2. The fourth-order valence-corrected chi connectivity index (χ4v) is 5.30. The maximum atomic E-state index is 13.3. The van der Waals surface area contributed by atoms with Crippen molar-refractivity contribution in [2.24, 2.45) is 11.1 Å². The van der Waals surface area contributed by atoms with Gasteiger partial charge in [0.15, 0.2) is 16.6 Å². The van der Waals surface area contributed by atoms with E-state index in [4.69, 9.17) is 19.9 Å². The average molecular weight is 666 g/mol. The number of carboxylic acids is 1. The number of anilines is 1. The van der Waals surface area contributed by atoms with E-state index in [2.05, 4.69) is 31.4 Å². The number of β-lactam (4-membered cyclic amide) rings is 1. The second-order valence-corrected chi connectivity index (χ2v) is 12.3. The summed E-state index contributed by atoms with van der Waals surface area (Å²) in [4.78, 5) is 51.3. The van der Waals surface area contributed by atoms with E-state index < -0.39 is 64.4 Å². The van der Waals surface area contributed by atoms with Gasteiger partial charge in [0.1, 0.15) is 18.1 Å². The quantitative estimate of drug-likeness (QED) is 0.0858. The second kappa shape index (κ2) is 13.7. The molecule has 1 saturated heterocycles. The number of carboxylic acid groups (broad SMARTS) is 1. The van der Waals surface area contributed by atoms with Gasteiger partial charge < -0.3 is 20.4 Å². The molecule has 1 aliphatic rings. The first-order valence-corrected chi connectivity index (χ1v) is 15.8. The summed E-state index contributed by atoms with van der Waals surface area (Å²) in [5.74, 6) is -3.93. The van der Waals surface area contributed by atoms with Crippen LogP contribution in [0.25, 0.3) is 11.3 Å². The molecule has 2 atom stereocenters. The summed E-state index contributed by atoms with van der Waals surface area (Å²) in [6.45, 7) is 5.22. The number of amides is 1. The number of oxime groups is 1. The number of hydrogen-bond acceptors (Lipinski definition) is 14. The topological polar surface area (TPSA) is 239 Å². The molecule has 4 N–H and O–H groups in total. The summed E-state index contributed by atoms with van der Waals surface area (Å²) in [6.07, 6.45) is 4.87. The third kappa shape index (κ3) is 8.18. The molecule has 4 rings (SSSR count). The number of carbonyl (C=O) groups excluding carboxylic acids is 2. The lowest BCUT2D eigenvalue weighted by atomic mass is 9.74. The van der Waals surface area contributed by atoms with Crippen LogP contribution in [0.4, 0.5) is 5.13 Å². The standard InChI is InChI=1S/C26H31N7O10S2/c1-4-5-8-32-12-15(10-29-32)18-7-6-16(11-28-18)41-13-21(24(36)37)42-31-22(19-14-44-25(27)30-19)20(34)9-17-23(35)33(26(17,2)3)43-45(38,39)40/h6-7,10-12,14,17,21H,4-5,8-9,13H2,1-3H3,(H2,27,30)(H,36,37)(H,38,39,40)/b31-22-/t17-,21+/m1/s1. The first kappa shape index (κ1) is 33.4. The van der Waals surface area contributed by atoms with Crippen LogP contribution in [0.1, 0.15) is 45.7 Å². The SMILES string of the molecule is CCCCn1cc(-c2ccc(OC[C@H](O/N=C(\C(=O)C[C@@H]3C(=O)N(OS(=O)(=O)O)C3(C)C)c3csc(N)n3)C(=O)O)cn2)cn1. The van der Waals surface area contributed by atoms with Crippen molar-refractivity contribution in [1.82, 2.24) is 24.8 Å². The van der Waals surface area contributed by atoms with Gasteiger partial charge in [0.05, 0.1) is 29.5 Å². The second-order valence-electron chi connectivity index (χ2n) is 10.4. The maximum absolute atomic E-state index is 13.3. The Bertz CT molecular complexity index is 1690. The van der Waals surface area contributed by atoms with Crippen molar-refractivity contribution in [3.05, 3.63) is 41.8 Å². The van der Waals surface area contributed by atoms with Gasteiger partial charge in [-0.1, -0.05) is 18.5 Å². The number of ether oxygens (including phenoxy) is 1. The van der Waals surface area contributed by atoms with Gasteiger partial charge in [0.2, 0.25) is 0 Å². The number of pyridine rings is 1. The molecule has 0 spiro atoms. The molecule has 0 aliphatic carbocycles. The van der Waals surface area contributed by atoms with E-state index in [0.29, 0.717) is 10.8 Å². The molecule has 3 aromatic rings. The number of Topliss-reactive ketones (excluding diaryl/α,β-unsaturated/α-hetero) is 1. The summed E-state index contributed by atoms with van der Waals surface area (Å²) in [5, 5.41) is 19.7. The summed E-state index contributed by atoms with van der Waals surface area (Å²) in [6, 6.07) is 3.30. The van der Waals surface area contributed by atoms with Crippen molar-refractivity contribution in [2.75, 3.05) is 12.3 Å². The first-order valence-electron chi connectivity index (χ1n) is 13.5. The van der Waals surface area contributed by atoms with Gasteiger partial charge in [0.25, 0.3) is 12.0 Å². The average Bonchev–Trinajstić information content (AvgIpc) is 3.64. The van der Waals surface area contributed by atoms with Gasteiger partial charge in [-0.05, 0) is 32.4 Å². The molecule has 1 aliphatic heterocycles. The number of hydrogen-bond donors (Lipinski definition) is 3. The summed E-state index contributed by atoms with van der Waals surface area (Å²) < 4.78 is 42.8. The number of hydroxylamine groups is 2. The number of rotatable bonds is 16. The monoisotopic (exact) mass is 665 g/mol. The third-order valence-corrected chi connectivity index (χ3v) is 7.83. The molecule has 0 unspecified atom stereocenters. The molecule has 0 radical (unpaired) electrons. The number of nitrogens with two attached hydrogens (primary N) is 1. The van der Waals surface area contributed by atoms with E-state index in [1.807, 2.05) is 10.9 Å². The zero-order chi connectivity index (χ0) is 32.9. The molecule has 0 saturated carbocycles. The normalized spacial score (nSPS) is 17.1. The molecular formula is C26H31N7O10S2. The van der Waals surface area contributed by atoms with Gasteiger partial charge in [-0.25, -0.2) is 9.78 Å². The van der Waals surface area contributed by atoms with E-state index in [9.17, 15) is 27.9 Å². The fourth-order valence-electron chi connectivity index (χ4n) is 4.30. The molecule has 17 nitrogen and oxygen atoms in total. The highest BCUT2D eigenvalue weighted by atomic mass is 32.3. The smallest absolute Gasteiger partial charge is 0.418 e. The number of carbonyl (C=O) groups is 3. The number of thiazole rings is 1. The van der Waals surface area contributed by atoms with Gasteiger partial charge in [-0.3, -0.25) is 23.8 Å². The molecule has 4 heterocycles. The summed E-state index contributed by atoms with van der Waals surface area (Å²) in [7, 11) is -4.99. The van der Waals surface area contributed by atoms with Crippen molar-refractivity contribution in [1.29, 1.82) is 0 Å². The van der Waals surface area contributed by atoms with Crippen molar-refractivity contribution in [3.8, 4) is 17.0 Å². The number of nitrogens with zero attached hydrogens (tertiary/aromatic N) is 6.